The molecule has 0 aromatic heterocycles. The summed E-state index contributed by atoms with van der Waals surface area (Å²) in [6.45, 7) is 9.43. The van der Waals surface area contributed by atoms with E-state index in [1.54, 1.807) is 0 Å². The van der Waals surface area contributed by atoms with E-state index in [0.717, 1.165) is 64.3 Å². The summed E-state index contributed by atoms with van der Waals surface area (Å²) in [5, 5.41) is 3.30. The van der Waals surface area contributed by atoms with Crippen LogP contribution in [0.15, 0.2) is 60.8 Å². The van der Waals surface area contributed by atoms with Crippen molar-refractivity contribution >= 4 is 11.9 Å². The Labute approximate surface area is 389 Å². The number of carbonyl (C=O) groups is 2. The maximum absolute atomic E-state index is 13.3. The summed E-state index contributed by atoms with van der Waals surface area (Å²) in [5.74, 6) is 0.348. The van der Waals surface area contributed by atoms with Crippen LogP contribution in [0, 0.1) is 11.8 Å². The maximum atomic E-state index is 13.3. The van der Waals surface area contributed by atoms with E-state index >= 15 is 0 Å². The van der Waals surface area contributed by atoms with Crippen molar-refractivity contribution in [3.8, 4) is 0 Å². The molecule has 0 saturated heterocycles. The topological polar surface area (TPSA) is 77.1 Å². The molecule has 1 fully saturated rings. The third kappa shape index (κ3) is 37.4. The first-order chi connectivity index (χ1) is 30.9. The number of nitrogens with zero attached hydrogens (tertiary/aromatic N) is 1. The second kappa shape index (κ2) is 44.7. The molecule has 1 aliphatic rings. The number of nitrogens with one attached hydrogen (secondary N) is 1. The van der Waals surface area contributed by atoms with Crippen LogP contribution >= 0.6 is 0 Å². The number of unbranched alkanes of at least 4 members (excludes halogenated alkanes) is 18. The average molecular weight is 881 g/mol. The Kier molecular flexibility index (Phi) is 41.5. The van der Waals surface area contributed by atoms with E-state index in [2.05, 4.69) is 86.8 Å². The van der Waals surface area contributed by atoms with Crippen LogP contribution in [-0.2, 0) is 23.8 Å². The molecule has 0 aromatic rings. The molecule has 1 aliphatic carbocycles. The third-order valence-electron chi connectivity index (χ3n) is 12.3. The Morgan fingerprint density at radius 3 is 1.67 bits per heavy atom. The van der Waals surface area contributed by atoms with Gasteiger partial charge in [-0.3, -0.25) is 9.59 Å². The van der Waals surface area contributed by atoms with Crippen molar-refractivity contribution in [2.24, 2.45) is 11.8 Å². The lowest BCUT2D eigenvalue weighted by Gasteiger charge is -2.25. The molecule has 63 heavy (non-hydrogen) atoms. The highest BCUT2D eigenvalue weighted by atomic mass is 16.6. The van der Waals surface area contributed by atoms with E-state index < -0.39 is 0 Å². The van der Waals surface area contributed by atoms with Gasteiger partial charge in [0.15, 0.2) is 0 Å². The summed E-state index contributed by atoms with van der Waals surface area (Å²) in [7, 11) is 3.98. The molecule has 1 N–H and O–H groups in total. The van der Waals surface area contributed by atoms with Crippen molar-refractivity contribution < 1.29 is 23.8 Å². The highest BCUT2D eigenvalue weighted by Gasteiger charge is 2.37. The predicted octanol–water partition coefficient (Wildman–Crippen LogP) is 14.8. The lowest BCUT2D eigenvalue weighted by Crippen LogP contribution is -2.39. The number of allylic oxidation sites excluding steroid dienone is 10. The molecule has 0 bridgehead atoms. The van der Waals surface area contributed by atoms with Gasteiger partial charge in [0.2, 0.25) is 5.91 Å². The van der Waals surface area contributed by atoms with Gasteiger partial charge < -0.3 is 24.4 Å². The molecule has 4 unspecified atom stereocenters. The largest absolute Gasteiger partial charge is 0.463 e. The van der Waals surface area contributed by atoms with Gasteiger partial charge in [-0.1, -0.05) is 159 Å². The first kappa shape index (κ1) is 58.5. The monoisotopic (exact) mass is 881 g/mol. The molecular weight excluding hydrogens is 781 g/mol. The average Bonchev–Trinajstić information content (AvgIpc) is 3.64. The minimum Gasteiger partial charge on any atom is -0.463 e. The Balaban J connectivity index is 2.47. The molecule has 0 heterocycles. The van der Waals surface area contributed by atoms with E-state index in [-0.39, 0.29) is 42.5 Å². The molecule has 1 rings (SSSR count). The number of ether oxygens (including phenoxy) is 3. The Bertz CT molecular complexity index is 1190. The molecule has 0 aromatic carbocycles. The summed E-state index contributed by atoms with van der Waals surface area (Å²) >= 11 is 0. The van der Waals surface area contributed by atoms with Crippen LogP contribution in [0.3, 0.4) is 0 Å². The van der Waals surface area contributed by atoms with Crippen molar-refractivity contribution in [3.05, 3.63) is 60.8 Å². The molecule has 1 amide bonds. The molecule has 7 nitrogen and oxygen atoms in total. The lowest BCUT2D eigenvalue weighted by atomic mass is 9.87. The number of carbonyl (C=O) groups excluding carboxylic acids is 2. The van der Waals surface area contributed by atoms with Gasteiger partial charge in [-0.15, -0.1) is 0 Å². The van der Waals surface area contributed by atoms with Gasteiger partial charge in [0.05, 0.1) is 6.61 Å². The van der Waals surface area contributed by atoms with E-state index in [1.807, 2.05) is 19.0 Å². The fourth-order valence-corrected chi connectivity index (χ4v) is 8.31. The quantitative estimate of drug-likeness (QED) is 0.0373. The summed E-state index contributed by atoms with van der Waals surface area (Å²) in [4.78, 5) is 28.1. The second-order valence-corrected chi connectivity index (χ2v) is 18.5. The first-order valence-corrected chi connectivity index (χ1v) is 26.4. The van der Waals surface area contributed by atoms with Gasteiger partial charge in [0.25, 0.3) is 0 Å². The van der Waals surface area contributed by atoms with Gasteiger partial charge in [-0.2, -0.15) is 0 Å². The number of hydrogen-bond donors (Lipinski definition) is 1. The van der Waals surface area contributed by atoms with Crippen molar-refractivity contribution in [1.82, 2.24) is 10.2 Å². The van der Waals surface area contributed by atoms with Crippen LogP contribution in [0.1, 0.15) is 213 Å². The molecular formula is C56H100N2O5. The summed E-state index contributed by atoms with van der Waals surface area (Å²) < 4.78 is 18.4. The molecule has 364 valence electrons. The van der Waals surface area contributed by atoms with Crippen molar-refractivity contribution in [2.45, 2.75) is 226 Å². The Morgan fingerprint density at radius 1 is 0.603 bits per heavy atom. The maximum Gasteiger partial charge on any atom is 0.306 e. The van der Waals surface area contributed by atoms with E-state index in [9.17, 15) is 9.59 Å². The summed E-state index contributed by atoms with van der Waals surface area (Å²) in [5.41, 5.74) is 0. The van der Waals surface area contributed by atoms with Crippen LogP contribution in [0.25, 0.3) is 0 Å². The van der Waals surface area contributed by atoms with Crippen LogP contribution in [0.5, 0.6) is 0 Å². The van der Waals surface area contributed by atoms with Crippen LogP contribution in [0.4, 0.5) is 0 Å². The highest BCUT2D eigenvalue weighted by molar-refractivity contribution is 5.76. The smallest absolute Gasteiger partial charge is 0.306 e. The predicted molar refractivity (Wildman–Crippen MR) is 270 cm³/mol. The van der Waals surface area contributed by atoms with Crippen LogP contribution < -0.4 is 5.32 Å². The first-order valence-electron chi connectivity index (χ1n) is 26.4. The van der Waals surface area contributed by atoms with E-state index in [0.29, 0.717) is 32.7 Å². The fraction of sp³-hybridized carbons (Fsp3) is 0.786. The van der Waals surface area contributed by atoms with E-state index in [4.69, 9.17) is 14.2 Å². The minimum atomic E-state index is -0.257. The Hall–Kier alpha value is -2.48. The molecule has 0 radical (unpaired) electrons. The zero-order chi connectivity index (χ0) is 45.7. The zero-order valence-electron chi connectivity index (χ0n) is 41.8. The minimum absolute atomic E-state index is 0.0941. The van der Waals surface area contributed by atoms with Crippen molar-refractivity contribution in [1.29, 1.82) is 0 Å². The molecule has 7 heteroatoms. The van der Waals surface area contributed by atoms with E-state index in [1.165, 1.54) is 122 Å². The lowest BCUT2D eigenvalue weighted by molar-refractivity contribution is -0.151. The third-order valence-corrected chi connectivity index (χ3v) is 12.3. The molecule has 1 saturated carbocycles. The van der Waals surface area contributed by atoms with Crippen molar-refractivity contribution in [2.75, 3.05) is 47.1 Å². The van der Waals surface area contributed by atoms with Gasteiger partial charge in [0.1, 0.15) is 12.7 Å². The number of esters is 1. The summed E-state index contributed by atoms with van der Waals surface area (Å²) in [6.07, 6.45) is 56.6. The normalized spacial score (nSPS) is 17.5. The molecule has 0 spiro atoms. The van der Waals surface area contributed by atoms with Crippen LogP contribution in [-0.4, -0.2) is 76.0 Å². The van der Waals surface area contributed by atoms with Crippen LogP contribution in [0.2, 0.25) is 0 Å². The number of amides is 1. The van der Waals surface area contributed by atoms with Crippen molar-refractivity contribution in [3.63, 3.8) is 0 Å². The second-order valence-electron chi connectivity index (χ2n) is 18.5. The summed E-state index contributed by atoms with van der Waals surface area (Å²) in [6, 6.07) is 0.0946. The number of rotatable bonds is 44. The zero-order valence-corrected chi connectivity index (χ0v) is 41.8. The molecule has 4 atom stereocenters. The SMILES string of the molecule is CC/C=C\CC1C(CC(=O)OCC(COCCCCCCCC/C=C\C/C=C\CCCCC)OCCCCCCCC/C=C\C/C=C\CCCCC)CCC1NC(=O)CCN(C)C. The highest BCUT2D eigenvalue weighted by Crippen LogP contribution is 2.37. The van der Waals surface area contributed by atoms with Gasteiger partial charge >= 0.3 is 5.97 Å². The Morgan fingerprint density at radius 2 is 1.13 bits per heavy atom. The van der Waals surface area contributed by atoms with Gasteiger partial charge in [0, 0.05) is 38.6 Å². The molecule has 0 aliphatic heterocycles. The fourth-order valence-electron chi connectivity index (χ4n) is 8.31. The standard InChI is InChI=1S/C56H100N2O5/c1-6-9-12-14-16-18-20-22-24-26-28-30-32-34-36-39-46-61-49-52(62-47-40-37-35-33-31-29-27-25-23-21-19-17-15-13-10-7-2)50-63-56(60)48-51-42-43-54(53(51)41-38-11-8-3)57-55(59)44-45-58(4)5/h11,16-19,22-25,38,51-54H,6-10,12-15,20-21,26-37,39-50H2,1-5H3,(H,57,59)/b18-16-,19-17-,24-22-,25-23-,38-11-. The number of hydrogen-bond acceptors (Lipinski definition) is 6. The van der Waals surface area contributed by atoms with Gasteiger partial charge in [-0.05, 0) is 129 Å². The van der Waals surface area contributed by atoms with Gasteiger partial charge in [-0.25, -0.2) is 0 Å².